The van der Waals surface area contributed by atoms with Crippen LogP contribution in [0.4, 0.5) is 0 Å². The van der Waals surface area contributed by atoms with E-state index in [2.05, 4.69) is 52.5 Å². The van der Waals surface area contributed by atoms with Crippen LogP contribution < -0.4 is 5.32 Å². The molecule has 1 N–H and O–H groups in total. The van der Waals surface area contributed by atoms with Gasteiger partial charge in [-0.1, -0.05) is 54.1 Å². The highest BCUT2D eigenvalue weighted by Gasteiger charge is 2.46. The SMILES string of the molecule is CNC(=O)[C@]1(Cc2ccccc2-c2cccc(C)c2)CCN(C(=O)c2cnccn2)C1. The van der Waals surface area contributed by atoms with Crippen molar-refractivity contribution in [3.8, 4) is 11.1 Å². The monoisotopic (exact) mass is 414 g/mol. The Kier molecular flexibility index (Phi) is 5.80. The number of carbonyl (C=O) groups excluding carboxylic acids is 2. The minimum atomic E-state index is -0.688. The number of benzene rings is 2. The van der Waals surface area contributed by atoms with Gasteiger partial charge in [0.25, 0.3) is 5.91 Å². The third-order valence-corrected chi connectivity index (χ3v) is 6.01. The molecule has 1 aliphatic heterocycles. The van der Waals surface area contributed by atoms with E-state index in [-0.39, 0.29) is 11.8 Å². The topological polar surface area (TPSA) is 75.2 Å². The van der Waals surface area contributed by atoms with Crippen LogP contribution in [0.1, 0.15) is 28.0 Å². The van der Waals surface area contributed by atoms with Crippen molar-refractivity contribution in [3.05, 3.63) is 83.9 Å². The first-order chi connectivity index (χ1) is 15.0. The molecule has 0 spiro atoms. The summed E-state index contributed by atoms with van der Waals surface area (Å²) in [5.74, 6) is -0.230. The second-order valence-electron chi connectivity index (χ2n) is 8.13. The van der Waals surface area contributed by atoms with Gasteiger partial charge in [0.2, 0.25) is 5.91 Å². The smallest absolute Gasteiger partial charge is 0.274 e. The number of rotatable bonds is 5. The molecule has 3 aromatic rings. The second kappa shape index (κ2) is 8.68. The molecule has 1 fully saturated rings. The number of likely N-dealkylation sites (tertiary alicyclic amines) is 1. The van der Waals surface area contributed by atoms with E-state index in [1.807, 2.05) is 18.2 Å². The number of hydrogen-bond acceptors (Lipinski definition) is 4. The van der Waals surface area contributed by atoms with Crippen LogP contribution in [0.3, 0.4) is 0 Å². The summed E-state index contributed by atoms with van der Waals surface area (Å²) in [5, 5.41) is 2.83. The molecule has 1 saturated heterocycles. The molecule has 2 heterocycles. The summed E-state index contributed by atoms with van der Waals surface area (Å²) >= 11 is 0. The van der Waals surface area contributed by atoms with Crippen molar-refractivity contribution in [1.82, 2.24) is 20.2 Å². The highest BCUT2D eigenvalue weighted by molar-refractivity contribution is 5.93. The number of amides is 2. The molecule has 31 heavy (non-hydrogen) atoms. The van der Waals surface area contributed by atoms with Crippen LogP contribution in [0.5, 0.6) is 0 Å². The Hall–Kier alpha value is -3.54. The third kappa shape index (κ3) is 4.19. The van der Waals surface area contributed by atoms with Gasteiger partial charge >= 0.3 is 0 Å². The Morgan fingerprint density at radius 2 is 1.97 bits per heavy atom. The number of hydrogen-bond donors (Lipinski definition) is 1. The number of nitrogens with one attached hydrogen (secondary N) is 1. The predicted molar refractivity (Wildman–Crippen MR) is 119 cm³/mol. The first-order valence-electron chi connectivity index (χ1n) is 10.4. The van der Waals surface area contributed by atoms with Gasteiger partial charge in [0.1, 0.15) is 5.69 Å². The maximum atomic E-state index is 13.1. The van der Waals surface area contributed by atoms with Crippen molar-refractivity contribution in [2.24, 2.45) is 5.41 Å². The molecule has 158 valence electrons. The van der Waals surface area contributed by atoms with E-state index >= 15 is 0 Å². The van der Waals surface area contributed by atoms with Crippen molar-refractivity contribution in [2.75, 3.05) is 20.1 Å². The van der Waals surface area contributed by atoms with E-state index in [0.29, 0.717) is 31.6 Å². The highest BCUT2D eigenvalue weighted by Crippen LogP contribution is 2.38. The number of nitrogens with zero attached hydrogens (tertiary/aromatic N) is 3. The standard InChI is InChI=1S/C25H26N4O2/c1-18-6-5-8-19(14-18)21-9-4-3-7-20(21)15-25(24(31)26-2)10-13-29(17-25)23(30)22-16-27-11-12-28-22/h3-9,11-12,14,16H,10,13,15,17H2,1-2H3,(H,26,31)/t25-/m0/s1. The molecule has 1 aromatic heterocycles. The molecule has 0 saturated carbocycles. The van der Waals surface area contributed by atoms with Gasteiger partial charge in [-0.3, -0.25) is 14.6 Å². The largest absolute Gasteiger partial charge is 0.359 e. The first-order valence-corrected chi connectivity index (χ1v) is 10.4. The van der Waals surface area contributed by atoms with Gasteiger partial charge in [-0.25, -0.2) is 4.98 Å². The normalized spacial score (nSPS) is 18.1. The molecule has 1 aliphatic rings. The zero-order chi connectivity index (χ0) is 21.8. The summed E-state index contributed by atoms with van der Waals surface area (Å²) in [6.07, 6.45) is 5.67. The van der Waals surface area contributed by atoms with E-state index in [4.69, 9.17) is 0 Å². The fourth-order valence-electron chi connectivity index (χ4n) is 4.43. The van der Waals surface area contributed by atoms with E-state index in [9.17, 15) is 9.59 Å². The van der Waals surface area contributed by atoms with Gasteiger partial charge in [0, 0.05) is 32.5 Å². The highest BCUT2D eigenvalue weighted by atomic mass is 16.2. The summed E-state index contributed by atoms with van der Waals surface area (Å²) in [6.45, 7) is 2.94. The molecule has 0 bridgehead atoms. The molecule has 1 atom stereocenters. The molecule has 2 amide bonds. The fourth-order valence-corrected chi connectivity index (χ4v) is 4.43. The lowest BCUT2D eigenvalue weighted by molar-refractivity contribution is -0.129. The lowest BCUT2D eigenvalue weighted by atomic mass is 9.78. The minimum absolute atomic E-state index is 0.0407. The molecule has 0 radical (unpaired) electrons. The molecule has 0 aliphatic carbocycles. The van der Waals surface area contributed by atoms with Crippen LogP contribution in [0.25, 0.3) is 11.1 Å². The summed E-state index contributed by atoms with van der Waals surface area (Å²) in [4.78, 5) is 35.8. The Morgan fingerprint density at radius 3 is 2.71 bits per heavy atom. The number of aromatic nitrogens is 2. The van der Waals surface area contributed by atoms with Gasteiger partial charge in [0.15, 0.2) is 0 Å². The molecular weight excluding hydrogens is 388 g/mol. The van der Waals surface area contributed by atoms with Gasteiger partial charge in [0.05, 0.1) is 11.6 Å². The van der Waals surface area contributed by atoms with E-state index in [1.54, 1.807) is 11.9 Å². The summed E-state index contributed by atoms with van der Waals surface area (Å²) < 4.78 is 0. The van der Waals surface area contributed by atoms with Gasteiger partial charge < -0.3 is 10.2 Å². The van der Waals surface area contributed by atoms with Crippen molar-refractivity contribution >= 4 is 11.8 Å². The van der Waals surface area contributed by atoms with E-state index in [0.717, 1.165) is 16.7 Å². The maximum absolute atomic E-state index is 13.1. The Balaban J connectivity index is 1.65. The van der Waals surface area contributed by atoms with E-state index < -0.39 is 5.41 Å². The fraction of sp³-hybridized carbons (Fsp3) is 0.280. The maximum Gasteiger partial charge on any atom is 0.274 e. The van der Waals surface area contributed by atoms with Crippen molar-refractivity contribution < 1.29 is 9.59 Å². The average molecular weight is 415 g/mol. The molecule has 0 unspecified atom stereocenters. The first kappa shape index (κ1) is 20.7. The Morgan fingerprint density at radius 1 is 1.13 bits per heavy atom. The van der Waals surface area contributed by atoms with Crippen LogP contribution in [-0.4, -0.2) is 46.8 Å². The van der Waals surface area contributed by atoms with Crippen LogP contribution in [0, 0.1) is 12.3 Å². The minimum Gasteiger partial charge on any atom is -0.359 e. The van der Waals surface area contributed by atoms with Crippen molar-refractivity contribution in [3.63, 3.8) is 0 Å². The van der Waals surface area contributed by atoms with Gasteiger partial charge in [-0.15, -0.1) is 0 Å². The molecule has 2 aromatic carbocycles. The quantitative estimate of drug-likeness (QED) is 0.695. The van der Waals surface area contributed by atoms with Gasteiger partial charge in [-0.05, 0) is 36.5 Å². The lowest BCUT2D eigenvalue weighted by Crippen LogP contribution is -2.44. The lowest BCUT2D eigenvalue weighted by Gasteiger charge is -2.28. The third-order valence-electron chi connectivity index (χ3n) is 6.01. The van der Waals surface area contributed by atoms with Crippen LogP contribution >= 0.6 is 0 Å². The van der Waals surface area contributed by atoms with E-state index in [1.165, 1.54) is 24.2 Å². The van der Waals surface area contributed by atoms with Crippen LogP contribution in [0.15, 0.2) is 67.1 Å². The van der Waals surface area contributed by atoms with Gasteiger partial charge in [-0.2, -0.15) is 0 Å². The molecule has 6 nitrogen and oxygen atoms in total. The zero-order valence-electron chi connectivity index (χ0n) is 17.8. The van der Waals surface area contributed by atoms with Crippen LogP contribution in [-0.2, 0) is 11.2 Å². The van der Waals surface area contributed by atoms with Crippen LogP contribution in [0.2, 0.25) is 0 Å². The molecule has 4 rings (SSSR count). The molecular formula is C25H26N4O2. The second-order valence-corrected chi connectivity index (χ2v) is 8.13. The number of carbonyl (C=O) groups is 2. The number of aryl methyl sites for hydroxylation is 1. The predicted octanol–water partition coefficient (Wildman–Crippen LogP) is 3.27. The van der Waals surface area contributed by atoms with Crippen molar-refractivity contribution in [1.29, 1.82) is 0 Å². The molecule has 6 heteroatoms. The Bertz CT molecular complexity index is 1100. The van der Waals surface area contributed by atoms with Crippen molar-refractivity contribution in [2.45, 2.75) is 19.8 Å². The zero-order valence-corrected chi connectivity index (χ0v) is 17.8. The summed E-state index contributed by atoms with van der Waals surface area (Å²) in [5.41, 5.74) is 4.16. The Labute approximate surface area is 182 Å². The summed E-state index contributed by atoms with van der Waals surface area (Å²) in [7, 11) is 1.66. The summed E-state index contributed by atoms with van der Waals surface area (Å²) in [6, 6.07) is 16.6. The average Bonchev–Trinajstić information content (AvgIpc) is 3.24.